The molecule has 0 aliphatic carbocycles. The van der Waals surface area contributed by atoms with Crippen LogP contribution in [0.3, 0.4) is 0 Å². The summed E-state index contributed by atoms with van der Waals surface area (Å²) in [6.45, 7) is 2.22. The highest BCUT2D eigenvalue weighted by Gasteiger charge is 2.06. The fourth-order valence-corrected chi connectivity index (χ4v) is 1.92. The standard InChI is InChI=1S/C13H13N5O/c1-8-17-12(18-19-8)7-16-11-5-4-10-9(13(11)14)3-2-6-15-10/h2-6,16H,7,14H2,1H3. The van der Waals surface area contributed by atoms with Crippen LogP contribution in [0.5, 0.6) is 0 Å². The number of nitrogens with two attached hydrogens (primary N) is 1. The van der Waals surface area contributed by atoms with Gasteiger partial charge < -0.3 is 15.6 Å². The molecule has 19 heavy (non-hydrogen) atoms. The van der Waals surface area contributed by atoms with Crippen molar-refractivity contribution in [1.82, 2.24) is 15.1 Å². The lowest BCUT2D eigenvalue weighted by molar-refractivity contribution is 0.388. The summed E-state index contributed by atoms with van der Waals surface area (Å²) in [5.74, 6) is 1.15. The van der Waals surface area contributed by atoms with Crippen molar-refractivity contribution < 1.29 is 4.52 Å². The molecule has 0 unspecified atom stereocenters. The van der Waals surface area contributed by atoms with Gasteiger partial charge in [-0.1, -0.05) is 5.16 Å². The number of pyridine rings is 1. The minimum absolute atomic E-state index is 0.466. The van der Waals surface area contributed by atoms with E-state index in [9.17, 15) is 0 Å². The second-order valence-electron chi connectivity index (χ2n) is 4.18. The van der Waals surface area contributed by atoms with Crippen LogP contribution in [0.4, 0.5) is 11.4 Å². The molecule has 0 amide bonds. The Bertz CT molecular complexity index is 722. The molecule has 2 heterocycles. The van der Waals surface area contributed by atoms with E-state index in [2.05, 4.69) is 20.4 Å². The fourth-order valence-electron chi connectivity index (χ4n) is 1.92. The number of anilines is 2. The van der Waals surface area contributed by atoms with Gasteiger partial charge in [0.15, 0.2) is 5.82 Å². The van der Waals surface area contributed by atoms with Gasteiger partial charge in [0.1, 0.15) is 0 Å². The van der Waals surface area contributed by atoms with Crippen LogP contribution in [-0.4, -0.2) is 15.1 Å². The van der Waals surface area contributed by atoms with Crippen molar-refractivity contribution in [3.05, 3.63) is 42.2 Å². The summed E-state index contributed by atoms with van der Waals surface area (Å²) in [6, 6.07) is 7.64. The maximum atomic E-state index is 6.12. The molecule has 0 atom stereocenters. The first-order chi connectivity index (χ1) is 9.24. The largest absolute Gasteiger partial charge is 0.397 e. The third kappa shape index (κ3) is 2.20. The van der Waals surface area contributed by atoms with Crippen molar-refractivity contribution in [3.63, 3.8) is 0 Å². The molecule has 1 aromatic carbocycles. The van der Waals surface area contributed by atoms with E-state index < -0.39 is 0 Å². The molecule has 6 nitrogen and oxygen atoms in total. The molecule has 0 spiro atoms. The molecular weight excluding hydrogens is 242 g/mol. The quantitative estimate of drug-likeness (QED) is 0.697. The van der Waals surface area contributed by atoms with Gasteiger partial charge in [-0.25, -0.2) is 0 Å². The van der Waals surface area contributed by atoms with Crippen molar-refractivity contribution in [2.75, 3.05) is 11.1 Å². The number of benzene rings is 1. The van der Waals surface area contributed by atoms with E-state index in [1.54, 1.807) is 13.1 Å². The number of hydrogen-bond acceptors (Lipinski definition) is 6. The van der Waals surface area contributed by atoms with Crippen LogP contribution >= 0.6 is 0 Å². The van der Waals surface area contributed by atoms with Crippen molar-refractivity contribution in [1.29, 1.82) is 0 Å². The average Bonchev–Trinajstić information content (AvgIpc) is 2.84. The van der Waals surface area contributed by atoms with Gasteiger partial charge in [0.2, 0.25) is 5.89 Å². The molecule has 0 aliphatic rings. The molecular formula is C13H13N5O. The number of nitrogens with zero attached hydrogens (tertiary/aromatic N) is 3. The molecule has 96 valence electrons. The predicted molar refractivity (Wildman–Crippen MR) is 72.5 cm³/mol. The molecule has 0 radical (unpaired) electrons. The Balaban J connectivity index is 1.87. The van der Waals surface area contributed by atoms with Crippen LogP contribution < -0.4 is 11.1 Å². The highest BCUT2D eigenvalue weighted by atomic mass is 16.5. The zero-order valence-corrected chi connectivity index (χ0v) is 10.4. The van der Waals surface area contributed by atoms with E-state index >= 15 is 0 Å². The highest BCUT2D eigenvalue weighted by Crippen LogP contribution is 2.27. The lowest BCUT2D eigenvalue weighted by Crippen LogP contribution is -2.04. The minimum Gasteiger partial charge on any atom is -0.397 e. The minimum atomic E-state index is 0.466. The second-order valence-corrected chi connectivity index (χ2v) is 4.18. The van der Waals surface area contributed by atoms with Crippen LogP contribution in [-0.2, 0) is 6.54 Å². The van der Waals surface area contributed by atoms with Crippen LogP contribution in [0, 0.1) is 6.92 Å². The molecule has 3 N–H and O–H groups in total. The molecule has 0 bridgehead atoms. The van der Waals surface area contributed by atoms with E-state index in [4.69, 9.17) is 10.3 Å². The first-order valence-electron chi connectivity index (χ1n) is 5.90. The molecule has 0 aliphatic heterocycles. The highest BCUT2D eigenvalue weighted by molar-refractivity contribution is 5.96. The van der Waals surface area contributed by atoms with Crippen molar-refractivity contribution in [2.45, 2.75) is 13.5 Å². The third-order valence-corrected chi connectivity index (χ3v) is 2.83. The second kappa shape index (κ2) is 4.56. The molecule has 0 saturated heterocycles. The number of fused-ring (bicyclic) bond motifs is 1. The Hall–Kier alpha value is -2.63. The van der Waals surface area contributed by atoms with Crippen LogP contribution in [0.2, 0.25) is 0 Å². The molecule has 6 heteroatoms. The molecule has 3 aromatic rings. The van der Waals surface area contributed by atoms with Crippen LogP contribution in [0.15, 0.2) is 35.0 Å². The smallest absolute Gasteiger partial charge is 0.223 e. The van der Waals surface area contributed by atoms with E-state index in [-0.39, 0.29) is 0 Å². The number of hydrogen-bond donors (Lipinski definition) is 2. The topological polar surface area (TPSA) is 89.9 Å². The van der Waals surface area contributed by atoms with E-state index in [1.807, 2.05) is 24.3 Å². The van der Waals surface area contributed by atoms with E-state index in [0.29, 0.717) is 23.9 Å². The Morgan fingerprint density at radius 1 is 1.32 bits per heavy atom. The number of rotatable bonds is 3. The third-order valence-electron chi connectivity index (χ3n) is 2.83. The van der Waals surface area contributed by atoms with Crippen LogP contribution in [0.25, 0.3) is 10.9 Å². The summed E-state index contributed by atoms with van der Waals surface area (Å²) in [5.41, 5.74) is 8.51. The van der Waals surface area contributed by atoms with Gasteiger partial charge in [0, 0.05) is 18.5 Å². The molecule has 0 saturated carbocycles. The van der Waals surface area contributed by atoms with Gasteiger partial charge in [-0.2, -0.15) is 4.98 Å². The Kier molecular flexibility index (Phi) is 2.75. The van der Waals surface area contributed by atoms with Gasteiger partial charge in [-0.05, 0) is 24.3 Å². The van der Waals surface area contributed by atoms with E-state index in [1.165, 1.54) is 0 Å². The Labute approximate surface area is 109 Å². The maximum absolute atomic E-state index is 6.12. The average molecular weight is 255 g/mol. The summed E-state index contributed by atoms with van der Waals surface area (Å²) in [5, 5.41) is 7.95. The van der Waals surface area contributed by atoms with Crippen molar-refractivity contribution in [2.24, 2.45) is 0 Å². The first kappa shape index (κ1) is 11.5. The van der Waals surface area contributed by atoms with Crippen molar-refractivity contribution >= 4 is 22.3 Å². The number of nitrogen functional groups attached to an aromatic ring is 1. The normalized spacial score (nSPS) is 10.8. The molecule has 0 fully saturated rings. The van der Waals surface area contributed by atoms with Gasteiger partial charge in [0.25, 0.3) is 0 Å². The summed E-state index contributed by atoms with van der Waals surface area (Å²) in [7, 11) is 0. The van der Waals surface area contributed by atoms with Gasteiger partial charge in [-0.3, -0.25) is 4.98 Å². The summed E-state index contributed by atoms with van der Waals surface area (Å²) < 4.78 is 4.91. The monoisotopic (exact) mass is 255 g/mol. The number of nitrogens with one attached hydrogen (secondary N) is 1. The SMILES string of the molecule is Cc1nc(CNc2ccc3ncccc3c2N)no1. The summed E-state index contributed by atoms with van der Waals surface area (Å²) in [4.78, 5) is 8.38. The number of aryl methyl sites for hydroxylation is 1. The summed E-state index contributed by atoms with van der Waals surface area (Å²) in [6.07, 6.45) is 1.75. The summed E-state index contributed by atoms with van der Waals surface area (Å²) >= 11 is 0. The van der Waals surface area contributed by atoms with Crippen molar-refractivity contribution in [3.8, 4) is 0 Å². The van der Waals surface area contributed by atoms with Gasteiger partial charge in [0.05, 0.1) is 23.4 Å². The van der Waals surface area contributed by atoms with Crippen LogP contribution in [0.1, 0.15) is 11.7 Å². The number of aromatic nitrogens is 3. The van der Waals surface area contributed by atoms with Gasteiger partial charge >= 0.3 is 0 Å². The Morgan fingerprint density at radius 2 is 2.21 bits per heavy atom. The predicted octanol–water partition coefficient (Wildman–Crippen LogP) is 2.12. The zero-order chi connectivity index (χ0) is 13.2. The lowest BCUT2D eigenvalue weighted by Gasteiger charge is -2.09. The zero-order valence-electron chi connectivity index (χ0n) is 10.4. The fraction of sp³-hybridized carbons (Fsp3) is 0.154. The van der Waals surface area contributed by atoms with E-state index in [0.717, 1.165) is 16.6 Å². The van der Waals surface area contributed by atoms with Gasteiger partial charge in [-0.15, -0.1) is 0 Å². The molecule has 3 rings (SSSR count). The maximum Gasteiger partial charge on any atom is 0.223 e. The lowest BCUT2D eigenvalue weighted by atomic mass is 10.1. The Morgan fingerprint density at radius 3 is 3.00 bits per heavy atom. The molecule has 2 aromatic heterocycles. The first-order valence-corrected chi connectivity index (χ1v) is 5.90.